The van der Waals surface area contributed by atoms with Gasteiger partial charge in [-0.1, -0.05) is 31.2 Å². The van der Waals surface area contributed by atoms with E-state index in [0.29, 0.717) is 0 Å². The Kier molecular flexibility index (Phi) is 4.80. The van der Waals surface area contributed by atoms with Crippen molar-refractivity contribution in [2.45, 2.75) is 34.2 Å². The fourth-order valence-corrected chi connectivity index (χ4v) is 2.09. The summed E-state index contributed by atoms with van der Waals surface area (Å²) in [5.41, 5.74) is 4.86. The molecule has 2 aromatic rings. The second-order valence-corrected chi connectivity index (χ2v) is 5.18. The summed E-state index contributed by atoms with van der Waals surface area (Å²) in [4.78, 5) is 0. The average Bonchev–Trinajstić information content (AvgIpc) is 2.44. The molecule has 2 aromatic carbocycles. The smallest absolute Gasteiger partial charge is 0.130 e. The molecule has 0 heterocycles. The first-order chi connectivity index (χ1) is 9.61. The van der Waals surface area contributed by atoms with E-state index in [1.807, 2.05) is 12.1 Å². The van der Waals surface area contributed by atoms with Crippen LogP contribution in [-0.4, -0.2) is 6.54 Å². The lowest BCUT2D eigenvalue weighted by atomic mass is 10.1. The monoisotopic (exact) mass is 269 g/mol. The van der Waals surface area contributed by atoms with Gasteiger partial charge in [0.05, 0.1) is 0 Å². The van der Waals surface area contributed by atoms with Crippen molar-refractivity contribution >= 4 is 0 Å². The molecule has 0 aliphatic rings. The Hall–Kier alpha value is -1.80. The summed E-state index contributed by atoms with van der Waals surface area (Å²) in [6, 6.07) is 12.6. The Balaban J connectivity index is 2.26. The van der Waals surface area contributed by atoms with Gasteiger partial charge in [-0.15, -0.1) is 0 Å². The largest absolute Gasteiger partial charge is 0.457 e. The van der Waals surface area contributed by atoms with Crippen LogP contribution in [0.2, 0.25) is 0 Å². The molecule has 2 rings (SSSR count). The van der Waals surface area contributed by atoms with Gasteiger partial charge in [-0.05, 0) is 61.7 Å². The molecule has 1 N–H and O–H groups in total. The molecule has 0 aliphatic carbocycles. The van der Waals surface area contributed by atoms with Gasteiger partial charge >= 0.3 is 0 Å². The van der Waals surface area contributed by atoms with E-state index in [1.54, 1.807) is 0 Å². The van der Waals surface area contributed by atoms with E-state index >= 15 is 0 Å². The standard InChI is InChI=1S/C18H23NO/c1-5-19-12-16-10-9-14(3)18(11-16)20-17-8-6-7-13(2)15(17)4/h6-11,19H,5,12H2,1-4H3. The quantitative estimate of drug-likeness (QED) is 0.862. The van der Waals surface area contributed by atoms with Gasteiger partial charge in [0, 0.05) is 6.54 Å². The third kappa shape index (κ3) is 3.40. The first-order valence-corrected chi connectivity index (χ1v) is 7.16. The van der Waals surface area contributed by atoms with Gasteiger partial charge in [-0.2, -0.15) is 0 Å². The van der Waals surface area contributed by atoms with Gasteiger partial charge < -0.3 is 10.1 Å². The number of hydrogen-bond donors (Lipinski definition) is 1. The normalized spacial score (nSPS) is 10.6. The lowest BCUT2D eigenvalue weighted by Gasteiger charge is -2.14. The first-order valence-electron chi connectivity index (χ1n) is 7.16. The summed E-state index contributed by atoms with van der Waals surface area (Å²) in [6.45, 7) is 10.2. The van der Waals surface area contributed by atoms with Crippen LogP contribution in [0.15, 0.2) is 36.4 Å². The van der Waals surface area contributed by atoms with Crippen molar-refractivity contribution in [2.24, 2.45) is 0 Å². The summed E-state index contributed by atoms with van der Waals surface area (Å²) in [7, 11) is 0. The van der Waals surface area contributed by atoms with Crippen molar-refractivity contribution in [3.8, 4) is 11.5 Å². The van der Waals surface area contributed by atoms with Crippen molar-refractivity contribution in [2.75, 3.05) is 6.54 Å². The van der Waals surface area contributed by atoms with Crippen LogP contribution >= 0.6 is 0 Å². The predicted octanol–water partition coefficient (Wildman–Crippen LogP) is 4.51. The van der Waals surface area contributed by atoms with Crippen LogP contribution in [0.1, 0.15) is 29.2 Å². The summed E-state index contributed by atoms with van der Waals surface area (Å²) < 4.78 is 6.11. The number of rotatable bonds is 5. The fraction of sp³-hybridized carbons (Fsp3) is 0.333. The molecule has 20 heavy (non-hydrogen) atoms. The van der Waals surface area contributed by atoms with E-state index in [9.17, 15) is 0 Å². The summed E-state index contributed by atoms with van der Waals surface area (Å²) in [5.74, 6) is 1.88. The highest BCUT2D eigenvalue weighted by molar-refractivity contribution is 5.44. The maximum Gasteiger partial charge on any atom is 0.130 e. The lowest BCUT2D eigenvalue weighted by molar-refractivity contribution is 0.473. The molecular formula is C18H23NO. The van der Waals surface area contributed by atoms with E-state index in [0.717, 1.165) is 30.2 Å². The number of aryl methyl sites for hydroxylation is 2. The Labute approximate surface area is 121 Å². The van der Waals surface area contributed by atoms with Gasteiger partial charge in [0.2, 0.25) is 0 Å². The molecule has 0 saturated carbocycles. The third-order valence-corrected chi connectivity index (χ3v) is 3.61. The second kappa shape index (κ2) is 6.58. The maximum atomic E-state index is 6.11. The predicted molar refractivity (Wildman–Crippen MR) is 84.5 cm³/mol. The van der Waals surface area contributed by atoms with E-state index in [1.165, 1.54) is 16.7 Å². The van der Waals surface area contributed by atoms with Crippen molar-refractivity contribution in [1.82, 2.24) is 5.32 Å². The highest BCUT2D eigenvalue weighted by Crippen LogP contribution is 2.29. The van der Waals surface area contributed by atoms with E-state index in [-0.39, 0.29) is 0 Å². The molecule has 0 bridgehead atoms. The molecule has 2 heteroatoms. The summed E-state index contributed by atoms with van der Waals surface area (Å²) >= 11 is 0. The molecule has 2 nitrogen and oxygen atoms in total. The van der Waals surface area contributed by atoms with Crippen LogP contribution < -0.4 is 10.1 Å². The Morgan fingerprint density at radius 3 is 2.50 bits per heavy atom. The molecule has 0 amide bonds. The van der Waals surface area contributed by atoms with Gasteiger partial charge in [0.25, 0.3) is 0 Å². The molecule has 0 fully saturated rings. The summed E-state index contributed by atoms with van der Waals surface area (Å²) in [5, 5.41) is 3.34. The molecule has 0 aliphatic heterocycles. The van der Waals surface area contributed by atoms with Crippen LogP contribution in [0.5, 0.6) is 11.5 Å². The van der Waals surface area contributed by atoms with E-state index in [2.05, 4.69) is 57.3 Å². The molecule has 0 aromatic heterocycles. The third-order valence-electron chi connectivity index (χ3n) is 3.61. The lowest BCUT2D eigenvalue weighted by Crippen LogP contribution is -2.11. The van der Waals surface area contributed by atoms with Crippen LogP contribution in [0, 0.1) is 20.8 Å². The van der Waals surface area contributed by atoms with Crippen molar-refractivity contribution in [3.05, 3.63) is 58.7 Å². The first kappa shape index (κ1) is 14.6. The van der Waals surface area contributed by atoms with Crippen LogP contribution in [0.3, 0.4) is 0 Å². The fourth-order valence-electron chi connectivity index (χ4n) is 2.09. The minimum Gasteiger partial charge on any atom is -0.457 e. The number of nitrogens with one attached hydrogen (secondary N) is 1. The van der Waals surface area contributed by atoms with Crippen molar-refractivity contribution in [3.63, 3.8) is 0 Å². The van der Waals surface area contributed by atoms with Gasteiger partial charge in [0.15, 0.2) is 0 Å². The van der Waals surface area contributed by atoms with E-state index in [4.69, 9.17) is 4.74 Å². The molecule has 0 unspecified atom stereocenters. The van der Waals surface area contributed by atoms with Crippen LogP contribution in [-0.2, 0) is 6.54 Å². The molecule has 0 saturated heterocycles. The number of hydrogen-bond acceptors (Lipinski definition) is 2. The zero-order chi connectivity index (χ0) is 14.5. The Morgan fingerprint density at radius 2 is 1.75 bits per heavy atom. The molecular weight excluding hydrogens is 246 g/mol. The molecule has 0 atom stereocenters. The van der Waals surface area contributed by atoms with Gasteiger partial charge in [-0.25, -0.2) is 0 Å². The van der Waals surface area contributed by atoms with Crippen molar-refractivity contribution < 1.29 is 4.74 Å². The minimum atomic E-state index is 0.875. The van der Waals surface area contributed by atoms with Crippen LogP contribution in [0.25, 0.3) is 0 Å². The van der Waals surface area contributed by atoms with E-state index < -0.39 is 0 Å². The summed E-state index contributed by atoms with van der Waals surface area (Å²) in [6.07, 6.45) is 0. The Morgan fingerprint density at radius 1 is 0.950 bits per heavy atom. The maximum absolute atomic E-state index is 6.11. The number of ether oxygens (including phenoxy) is 1. The van der Waals surface area contributed by atoms with Gasteiger partial charge in [-0.3, -0.25) is 0 Å². The van der Waals surface area contributed by atoms with Crippen LogP contribution in [0.4, 0.5) is 0 Å². The Bertz CT molecular complexity index is 590. The van der Waals surface area contributed by atoms with Crippen molar-refractivity contribution in [1.29, 1.82) is 0 Å². The average molecular weight is 269 g/mol. The molecule has 0 spiro atoms. The zero-order valence-corrected chi connectivity index (χ0v) is 12.8. The minimum absolute atomic E-state index is 0.875. The zero-order valence-electron chi connectivity index (χ0n) is 12.8. The SMILES string of the molecule is CCNCc1ccc(C)c(Oc2cccc(C)c2C)c1. The molecule has 106 valence electrons. The van der Waals surface area contributed by atoms with Gasteiger partial charge in [0.1, 0.15) is 11.5 Å². The highest BCUT2D eigenvalue weighted by atomic mass is 16.5. The topological polar surface area (TPSA) is 21.3 Å². The number of benzene rings is 2. The second-order valence-electron chi connectivity index (χ2n) is 5.18. The highest BCUT2D eigenvalue weighted by Gasteiger charge is 2.06. The molecule has 0 radical (unpaired) electrons.